The van der Waals surface area contributed by atoms with Crippen molar-refractivity contribution in [1.82, 2.24) is 4.90 Å². The predicted molar refractivity (Wildman–Crippen MR) is 46.7 cm³/mol. The monoisotopic (exact) mass is 169 g/mol. The van der Waals surface area contributed by atoms with Gasteiger partial charge in [0.25, 0.3) is 0 Å². The summed E-state index contributed by atoms with van der Waals surface area (Å²) in [5, 5.41) is 9.08. The van der Waals surface area contributed by atoms with Crippen LogP contribution < -0.4 is 0 Å². The molecule has 3 heteroatoms. The van der Waals surface area contributed by atoms with Crippen molar-refractivity contribution in [2.24, 2.45) is 0 Å². The number of hydrogen-bond acceptors (Lipinski definition) is 3. The highest BCUT2D eigenvalue weighted by atomic mass is 16.3. The highest BCUT2D eigenvalue weighted by Gasteiger charge is 2.04. The van der Waals surface area contributed by atoms with Crippen molar-refractivity contribution in [2.45, 2.75) is 19.6 Å². The van der Waals surface area contributed by atoms with Gasteiger partial charge in [-0.05, 0) is 26.1 Å². The lowest BCUT2D eigenvalue weighted by Gasteiger charge is -2.16. The van der Waals surface area contributed by atoms with Gasteiger partial charge in [-0.15, -0.1) is 0 Å². The van der Waals surface area contributed by atoms with Crippen molar-refractivity contribution in [2.75, 3.05) is 13.6 Å². The van der Waals surface area contributed by atoms with E-state index in [1.165, 1.54) is 0 Å². The van der Waals surface area contributed by atoms with Gasteiger partial charge in [0.1, 0.15) is 5.76 Å². The zero-order chi connectivity index (χ0) is 8.97. The molecule has 1 atom stereocenters. The summed E-state index contributed by atoms with van der Waals surface area (Å²) < 4.78 is 5.16. The van der Waals surface area contributed by atoms with E-state index < -0.39 is 0 Å². The topological polar surface area (TPSA) is 36.6 Å². The van der Waals surface area contributed by atoms with Gasteiger partial charge in [0.05, 0.1) is 18.9 Å². The second-order valence-electron chi connectivity index (χ2n) is 3.13. The third kappa shape index (κ3) is 3.07. The Balaban J connectivity index is 2.32. The third-order valence-corrected chi connectivity index (χ3v) is 1.58. The van der Waals surface area contributed by atoms with Crippen LogP contribution in [0.2, 0.25) is 0 Å². The molecular weight excluding hydrogens is 154 g/mol. The average Bonchev–Trinajstić information content (AvgIpc) is 2.37. The van der Waals surface area contributed by atoms with E-state index >= 15 is 0 Å². The van der Waals surface area contributed by atoms with Crippen molar-refractivity contribution >= 4 is 0 Å². The van der Waals surface area contributed by atoms with E-state index in [1.807, 2.05) is 24.1 Å². The first-order valence-electron chi connectivity index (χ1n) is 4.07. The van der Waals surface area contributed by atoms with E-state index in [4.69, 9.17) is 9.52 Å². The molecule has 0 bridgehead atoms. The Morgan fingerprint density at radius 2 is 2.42 bits per heavy atom. The Labute approximate surface area is 72.6 Å². The first-order chi connectivity index (χ1) is 5.68. The molecule has 0 saturated carbocycles. The van der Waals surface area contributed by atoms with Gasteiger partial charge in [-0.2, -0.15) is 0 Å². The quantitative estimate of drug-likeness (QED) is 0.733. The van der Waals surface area contributed by atoms with Crippen molar-refractivity contribution in [1.29, 1.82) is 0 Å². The fraction of sp³-hybridized carbons (Fsp3) is 0.556. The van der Waals surface area contributed by atoms with E-state index in [-0.39, 0.29) is 6.10 Å². The van der Waals surface area contributed by atoms with Gasteiger partial charge < -0.3 is 9.52 Å². The minimum absolute atomic E-state index is 0.287. The number of hydrogen-bond donors (Lipinski definition) is 1. The summed E-state index contributed by atoms with van der Waals surface area (Å²) in [4.78, 5) is 2.02. The van der Waals surface area contributed by atoms with Crippen LogP contribution in [0, 0.1) is 0 Å². The molecule has 0 aliphatic rings. The van der Waals surface area contributed by atoms with Crippen LogP contribution in [0.5, 0.6) is 0 Å². The van der Waals surface area contributed by atoms with E-state index in [0.29, 0.717) is 6.54 Å². The van der Waals surface area contributed by atoms with Crippen molar-refractivity contribution in [3.63, 3.8) is 0 Å². The smallest absolute Gasteiger partial charge is 0.117 e. The summed E-state index contributed by atoms with van der Waals surface area (Å²) in [6, 6.07) is 3.80. The average molecular weight is 169 g/mol. The summed E-state index contributed by atoms with van der Waals surface area (Å²) in [7, 11) is 1.95. The fourth-order valence-corrected chi connectivity index (χ4v) is 1.18. The maximum atomic E-state index is 9.08. The van der Waals surface area contributed by atoms with Gasteiger partial charge in [0, 0.05) is 6.54 Å². The Morgan fingerprint density at radius 1 is 1.67 bits per heavy atom. The molecule has 0 fully saturated rings. The molecule has 1 aromatic rings. The van der Waals surface area contributed by atoms with Crippen LogP contribution in [-0.4, -0.2) is 29.7 Å². The lowest BCUT2D eigenvalue weighted by atomic mass is 10.3. The summed E-state index contributed by atoms with van der Waals surface area (Å²) in [6.45, 7) is 3.19. The molecule has 1 aromatic heterocycles. The first kappa shape index (κ1) is 9.29. The van der Waals surface area contributed by atoms with E-state index in [9.17, 15) is 0 Å². The van der Waals surface area contributed by atoms with Crippen LogP contribution >= 0.6 is 0 Å². The number of furan rings is 1. The van der Waals surface area contributed by atoms with Crippen molar-refractivity contribution < 1.29 is 9.52 Å². The summed E-state index contributed by atoms with van der Waals surface area (Å²) in [5.41, 5.74) is 0. The highest BCUT2D eigenvalue weighted by molar-refractivity contribution is 4.97. The van der Waals surface area contributed by atoms with Crippen LogP contribution in [0.4, 0.5) is 0 Å². The number of aliphatic hydroxyl groups is 1. The molecule has 0 saturated heterocycles. The molecule has 0 aromatic carbocycles. The zero-order valence-corrected chi connectivity index (χ0v) is 7.53. The van der Waals surface area contributed by atoms with Crippen LogP contribution in [0.1, 0.15) is 12.7 Å². The Bertz CT molecular complexity index is 206. The van der Waals surface area contributed by atoms with Gasteiger partial charge in [-0.1, -0.05) is 0 Å². The molecule has 0 aliphatic heterocycles. The molecule has 0 amide bonds. The minimum atomic E-state index is -0.287. The normalized spacial score (nSPS) is 13.7. The molecule has 68 valence electrons. The van der Waals surface area contributed by atoms with Gasteiger partial charge >= 0.3 is 0 Å². The van der Waals surface area contributed by atoms with Gasteiger partial charge in [-0.3, -0.25) is 4.90 Å². The lowest BCUT2D eigenvalue weighted by molar-refractivity contribution is 0.134. The summed E-state index contributed by atoms with van der Waals surface area (Å²) in [5.74, 6) is 0.929. The SMILES string of the molecule is CC(O)CN(C)Cc1ccco1. The van der Waals surface area contributed by atoms with E-state index in [1.54, 1.807) is 13.2 Å². The Hall–Kier alpha value is -0.800. The standard InChI is InChI=1S/C9H15NO2/c1-8(11)6-10(2)7-9-4-3-5-12-9/h3-5,8,11H,6-7H2,1-2H3. The Kier molecular flexibility index (Phi) is 3.31. The molecule has 1 unspecified atom stereocenters. The van der Waals surface area contributed by atoms with Gasteiger partial charge in [0.2, 0.25) is 0 Å². The second-order valence-corrected chi connectivity index (χ2v) is 3.13. The molecule has 1 N–H and O–H groups in total. The maximum Gasteiger partial charge on any atom is 0.117 e. The van der Waals surface area contributed by atoms with E-state index in [0.717, 1.165) is 12.3 Å². The zero-order valence-electron chi connectivity index (χ0n) is 7.53. The minimum Gasteiger partial charge on any atom is -0.468 e. The predicted octanol–water partition coefficient (Wildman–Crippen LogP) is 1.09. The van der Waals surface area contributed by atoms with E-state index in [2.05, 4.69) is 0 Å². The number of nitrogens with zero attached hydrogens (tertiary/aromatic N) is 1. The van der Waals surface area contributed by atoms with Crippen LogP contribution in [0.15, 0.2) is 22.8 Å². The highest BCUT2D eigenvalue weighted by Crippen LogP contribution is 2.03. The molecule has 0 spiro atoms. The molecule has 1 rings (SSSR count). The molecule has 0 aliphatic carbocycles. The van der Waals surface area contributed by atoms with Gasteiger partial charge in [0.15, 0.2) is 0 Å². The molecule has 12 heavy (non-hydrogen) atoms. The number of aliphatic hydroxyl groups excluding tert-OH is 1. The Morgan fingerprint density at radius 3 is 2.92 bits per heavy atom. The van der Waals surface area contributed by atoms with Crippen LogP contribution in [0.3, 0.4) is 0 Å². The van der Waals surface area contributed by atoms with Crippen LogP contribution in [0.25, 0.3) is 0 Å². The van der Waals surface area contributed by atoms with Gasteiger partial charge in [-0.25, -0.2) is 0 Å². The third-order valence-electron chi connectivity index (χ3n) is 1.58. The van der Waals surface area contributed by atoms with Crippen molar-refractivity contribution in [3.8, 4) is 0 Å². The lowest BCUT2D eigenvalue weighted by Crippen LogP contribution is -2.26. The van der Waals surface area contributed by atoms with Crippen molar-refractivity contribution in [3.05, 3.63) is 24.2 Å². The largest absolute Gasteiger partial charge is 0.468 e. The first-order valence-corrected chi connectivity index (χ1v) is 4.07. The molecular formula is C9H15NO2. The number of rotatable bonds is 4. The summed E-state index contributed by atoms with van der Waals surface area (Å²) in [6.07, 6.45) is 1.37. The molecule has 1 heterocycles. The maximum absolute atomic E-state index is 9.08. The number of likely N-dealkylation sites (N-methyl/N-ethyl adjacent to an activating group) is 1. The molecule has 3 nitrogen and oxygen atoms in total. The molecule has 0 radical (unpaired) electrons. The van der Waals surface area contributed by atoms with Crippen LogP contribution in [-0.2, 0) is 6.54 Å². The fourth-order valence-electron chi connectivity index (χ4n) is 1.18. The summed E-state index contributed by atoms with van der Waals surface area (Å²) >= 11 is 0. The second kappa shape index (κ2) is 4.28.